The molecule has 1 aromatic heterocycles. The lowest BCUT2D eigenvalue weighted by molar-refractivity contribution is -0.117. The quantitative estimate of drug-likeness (QED) is 0.777. The topological polar surface area (TPSA) is 60.2 Å². The van der Waals surface area contributed by atoms with Crippen LogP contribution in [0.5, 0.6) is 5.88 Å². The molecule has 1 aromatic rings. The Morgan fingerprint density at radius 3 is 2.67 bits per heavy atom. The van der Waals surface area contributed by atoms with Gasteiger partial charge in [-0.3, -0.25) is 0 Å². The van der Waals surface area contributed by atoms with Gasteiger partial charge in [0.05, 0.1) is 18.8 Å². The molecular formula is C10H13F4N3O. The minimum Gasteiger partial charge on any atom is -0.476 e. The number of nitrogens with zero attached hydrogens (tertiary/aromatic N) is 1. The number of hydrogen-bond donors (Lipinski definition) is 2. The molecule has 4 nitrogen and oxygen atoms in total. The van der Waals surface area contributed by atoms with E-state index in [0.717, 1.165) is 0 Å². The molecule has 0 amide bonds. The fraction of sp³-hybridized carbons (Fsp3) is 0.500. The van der Waals surface area contributed by atoms with Gasteiger partial charge in [-0.1, -0.05) is 0 Å². The van der Waals surface area contributed by atoms with Crippen LogP contribution in [-0.2, 0) is 0 Å². The van der Waals surface area contributed by atoms with Crippen LogP contribution in [0.2, 0.25) is 0 Å². The molecular weight excluding hydrogens is 254 g/mol. The molecule has 0 aliphatic carbocycles. The summed E-state index contributed by atoms with van der Waals surface area (Å²) >= 11 is 0. The van der Waals surface area contributed by atoms with Gasteiger partial charge in [0, 0.05) is 0 Å². The van der Waals surface area contributed by atoms with Crippen molar-refractivity contribution in [2.45, 2.75) is 19.3 Å². The number of nitrogen functional groups attached to an aromatic ring is 1. The van der Waals surface area contributed by atoms with Gasteiger partial charge in [-0.2, -0.15) is 13.8 Å². The molecule has 0 radical (unpaired) electrons. The smallest absolute Gasteiger partial charge is 0.324 e. The van der Waals surface area contributed by atoms with Crippen molar-refractivity contribution in [3.8, 4) is 5.88 Å². The van der Waals surface area contributed by atoms with Crippen LogP contribution in [0.3, 0.4) is 0 Å². The average molecular weight is 267 g/mol. The van der Waals surface area contributed by atoms with E-state index in [1.54, 1.807) is 6.92 Å². The summed E-state index contributed by atoms with van der Waals surface area (Å²) in [4.78, 5) is 3.79. The molecule has 3 N–H and O–H groups in total. The number of nitrogens with two attached hydrogens (primary N) is 1. The second-order valence-corrected chi connectivity index (χ2v) is 3.44. The molecule has 0 aliphatic rings. The van der Waals surface area contributed by atoms with Gasteiger partial charge < -0.3 is 15.8 Å². The van der Waals surface area contributed by atoms with Crippen LogP contribution in [0.25, 0.3) is 0 Å². The molecule has 0 unspecified atom stereocenters. The molecule has 0 saturated heterocycles. The first kappa shape index (κ1) is 14.3. The summed E-state index contributed by atoms with van der Waals surface area (Å²) in [5.74, 6) is -4.05. The van der Waals surface area contributed by atoms with E-state index in [-0.39, 0.29) is 17.4 Å². The maximum absolute atomic E-state index is 12.7. The number of halogens is 4. The first-order valence-electron chi connectivity index (χ1n) is 5.16. The third-order valence-corrected chi connectivity index (χ3v) is 2.00. The summed E-state index contributed by atoms with van der Waals surface area (Å²) < 4.78 is 54.2. The molecule has 0 aromatic carbocycles. The highest BCUT2D eigenvalue weighted by molar-refractivity contribution is 5.53. The Labute approximate surface area is 101 Å². The van der Waals surface area contributed by atoms with Crippen molar-refractivity contribution in [2.75, 3.05) is 24.2 Å². The van der Waals surface area contributed by atoms with E-state index in [2.05, 4.69) is 10.3 Å². The Balaban J connectivity index is 2.71. The van der Waals surface area contributed by atoms with Gasteiger partial charge in [0.15, 0.2) is 0 Å². The van der Waals surface area contributed by atoms with E-state index >= 15 is 0 Å². The summed E-state index contributed by atoms with van der Waals surface area (Å²) in [5.41, 5.74) is 5.76. The molecule has 1 heterocycles. The van der Waals surface area contributed by atoms with Crippen molar-refractivity contribution in [1.29, 1.82) is 0 Å². The Kier molecular flexibility index (Phi) is 4.57. The number of ether oxygens (including phenoxy) is 1. The number of alkyl halides is 4. The molecule has 18 heavy (non-hydrogen) atoms. The van der Waals surface area contributed by atoms with Crippen LogP contribution in [0.4, 0.5) is 29.1 Å². The molecule has 0 spiro atoms. The molecule has 0 atom stereocenters. The molecule has 102 valence electrons. The third-order valence-electron chi connectivity index (χ3n) is 2.00. The standard InChI is InChI=1S/C10H13F4N3O/c1-2-18-8-6(15)3-4-7(17-8)16-5-10(13,14)9(11)12/h3-4,9H,2,5,15H2,1H3,(H,16,17). The predicted octanol–water partition coefficient (Wildman–Crippen LogP) is 2.37. The number of anilines is 2. The Morgan fingerprint density at radius 2 is 2.11 bits per heavy atom. The van der Waals surface area contributed by atoms with Crippen molar-refractivity contribution in [2.24, 2.45) is 0 Å². The minimum atomic E-state index is -4.12. The van der Waals surface area contributed by atoms with Gasteiger partial charge >= 0.3 is 12.3 Å². The zero-order valence-electron chi connectivity index (χ0n) is 9.59. The predicted molar refractivity (Wildman–Crippen MR) is 59.3 cm³/mol. The van der Waals surface area contributed by atoms with Crippen molar-refractivity contribution >= 4 is 11.5 Å². The second kappa shape index (κ2) is 5.74. The molecule has 1 rings (SSSR count). The maximum Gasteiger partial charge on any atom is 0.324 e. The molecule has 8 heteroatoms. The number of rotatable bonds is 6. The molecule has 0 fully saturated rings. The Bertz CT molecular complexity index is 401. The van der Waals surface area contributed by atoms with Crippen LogP contribution in [0, 0.1) is 0 Å². The fourth-order valence-electron chi connectivity index (χ4n) is 1.09. The first-order valence-corrected chi connectivity index (χ1v) is 5.16. The number of pyridine rings is 1. The largest absolute Gasteiger partial charge is 0.476 e. The maximum atomic E-state index is 12.7. The number of aromatic nitrogens is 1. The lowest BCUT2D eigenvalue weighted by Crippen LogP contribution is -2.35. The molecule has 0 saturated carbocycles. The van der Waals surface area contributed by atoms with Crippen LogP contribution in [0.1, 0.15) is 6.92 Å². The van der Waals surface area contributed by atoms with Crippen molar-refractivity contribution < 1.29 is 22.3 Å². The monoisotopic (exact) mass is 267 g/mol. The van der Waals surface area contributed by atoms with E-state index < -0.39 is 18.9 Å². The molecule has 0 bridgehead atoms. The van der Waals surface area contributed by atoms with Gasteiger partial charge in [-0.15, -0.1) is 0 Å². The summed E-state index contributed by atoms with van der Waals surface area (Å²) in [6.07, 6.45) is -3.73. The van der Waals surface area contributed by atoms with Gasteiger partial charge in [-0.05, 0) is 19.1 Å². The van der Waals surface area contributed by atoms with Crippen LogP contribution >= 0.6 is 0 Å². The van der Waals surface area contributed by atoms with Gasteiger partial charge in [0.25, 0.3) is 0 Å². The van der Waals surface area contributed by atoms with Gasteiger partial charge in [-0.25, -0.2) is 8.78 Å². The highest BCUT2D eigenvalue weighted by atomic mass is 19.3. The zero-order chi connectivity index (χ0) is 13.8. The summed E-state index contributed by atoms with van der Waals surface area (Å²) in [7, 11) is 0. The van der Waals surface area contributed by atoms with E-state index in [0.29, 0.717) is 6.61 Å². The third kappa shape index (κ3) is 3.64. The lowest BCUT2D eigenvalue weighted by Gasteiger charge is -2.16. The second-order valence-electron chi connectivity index (χ2n) is 3.44. The van der Waals surface area contributed by atoms with Crippen molar-refractivity contribution in [1.82, 2.24) is 4.98 Å². The van der Waals surface area contributed by atoms with Gasteiger partial charge in [0.2, 0.25) is 5.88 Å². The lowest BCUT2D eigenvalue weighted by atomic mass is 10.3. The number of hydrogen-bond acceptors (Lipinski definition) is 4. The van der Waals surface area contributed by atoms with E-state index in [4.69, 9.17) is 10.5 Å². The Hall–Kier alpha value is -1.73. The molecule has 0 aliphatic heterocycles. The first-order chi connectivity index (χ1) is 8.36. The van der Waals surface area contributed by atoms with Crippen molar-refractivity contribution in [3.63, 3.8) is 0 Å². The highest BCUT2D eigenvalue weighted by Gasteiger charge is 2.40. The normalized spacial score (nSPS) is 11.7. The fourth-order valence-corrected chi connectivity index (χ4v) is 1.09. The highest BCUT2D eigenvalue weighted by Crippen LogP contribution is 2.25. The van der Waals surface area contributed by atoms with E-state index in [1.165, 1.54) is 12.1 Å². The number of nitrogens with one attached hydrogen (secondary N) is 1. The minimum absolute atomic E-state index is 0.00650. The van der Waals surface area contributed by atoms with E-state index in [9.17, 15) is 17.6 Å². The van der Waals surface area contributed by atoms with Crippen molar-refractivity contribution in [3.05, 3.63) is 12.1 Å². The summed E-state index contributed by atoms with van der Waals surface area (Å²) in [6.45, 7) is 0.785. The zero-order valence-corrected chi connectivity index (χ0v) is 9.59. The van der Waals surface area contributed by atoms with Crippen LogP contribution in [0.15, 0.2) is 12.1 Å². The van der Waals surface area contributed by atoms with Gasteiger partial charge in [0.1, 0.15) is 5.82 Å². The Morgan fingerprint density at radius 1 is 1.44 bits per heavy atom. The van der Waals surface area contributed by atoms with Crippen LogP contribution < -0.4 is 15.8 Å². The SMILES string of the molecule is CCOc1nc(NCC(F)(F)C(F)F)ccc1N. The average Bonchev–Trinajstić information content (AvgIpc) is 2.30. The van der Waals surface area contributed by atoms with E-state index in [1.807, 2.05) is 0 Å². The summed E-state index contributed by atoms with van der Waals surface area (Å²) in [5, 5.41) is 2.12. The van der Waals surface area contributed by atoms with Crippen LogP contribution in [-0.4, -0.2) is 30.5 Å². The summed E-state index contributed by atoms with van der Waals surface area (Å²) in [6, 6.07) is 2.69.